The molecule has 0 aliphatic heterocycles. The third kappa shape index (κ3) is 67.4. The minimum atomic E-state index is 0. The molecule has 0 aliphatic carbocycles. The van der Waals surface area contributed by atoms with Gasteiger partial charge in [0, 0.05) is 34.9 Å². The molecule has 0 aromatic heterocycles. The van der Waals surface area contributed by atoms with E-state index in [1.54, 1.807) is 0 Å². The standard InChI is InChI=1S/2C4H10O.2H2O.Ti/c2*1-4(2)3-5;;;/h2*4-5H,3H2,1-2H3;2*1H2;. The van der Waals surface area contributed by atoms with Gasteiger partial charge in [-0.25, -0.2) is 0 Å². The zero-order chi connectivity index (χ0) is 8.57. The van der Waals surface area contributed by atoms with Crippen LogP contribution in [-0.4, -0.2) is 34.4 Å². The van der Waals surface area contributed by atoms with Crippen LogP contribution >= 0.6 is 0 Å². The molecule has 0 rings (SSSR count). The molecule has 0 unspecified atom stereocenters. The van der Waals surface area contributed by atoms with Crippen LogP contribution in [0, 0.1) is 11.8 Å². The van der Waals surface area contributed by atoms with Crippen molar-refractivity contribution in [2.75, 3.05) is 13.2 Å². The molecule has 0 atom stereocenters. The largest absolute Gasteiger partial charge is 0.412 e. The second-order valence-electron chi connectivity index (χ2n) is 3.15. The molecule has 0 heterocycles. The van der Waals surface area contributed by atoms with Crippen molar-refractivity contribution < 1.29 is 42.9 Å². The van der Waals surface area contributed by atoms with Gasteiger partial charge >= 0.3 is 0 Å². The Balaban J connectivity index is -0.0000000267. The van der Waals surface area contributed by atoms with Crippen LogP contribution in [0.5, 0.6) is 0 Å². The maximum Gasteiger partial charge on any atom is 0.0453 e. The van der Waals surface area contributed by atoms with Crippen LogP contribution in [0.2, 0.25) is 0 Å². The van der Waals surface area contributed by atoms with Crippen molar-refractivity contribution in [3.63, 3.8) is 0 Å². The number of rotatable bonds is 2. The molecule has 0 aromatic rings. The third-order valence-corrected chi connectivity index (χ3v) is 0.730. The summed E-state index contributed by atoms with van der Waals surface area (Å²) < 4.78 is 0. The molecule has 0 radical (unpaired) electrons. The number of hydrogen-bond donors (Lipinski definition) is 2. The molecule has 0 bridgehead atoms. The van der Waals surface area contributed by atoms with Gasteiger partial charge in [-0.3, -0.25) is 0 Å². The van der Waals surface area contributed by atoms with Crippen molar-refractivity contribution in [2.24, 2.45) is 11.8 Å². The molecule has 4 nitrogen and oxygen atoms in total. The first-order valence-corrected chi connectivity index (χ1v) is 3.76. The van der Waals surface area contributed by atoms with Crippen molar-refractivity contribution in [1.29, 1.82) is 0 Å². The fourth-order valence-corrected chi connectivity index (χ4v) is 0. The summed E-state index contributed by atoms with van der Waals surface area (Å²) in [6.07, 6.45) is 0. The van der Waals surface area contributed by atoms with E-state index < -0.39 is 0 Å². The molecular formula is C8H24O4Ti. The maximum absolute atomic E-state index is 8.14. The van der Waals surface area contributed by atoms with Crippen molar-refractivity contribution in [2.45, 2.75) is 27.7 Å². The number of aliphatic hydroxyl groups is 2. The zero-order valence-corrected chi connectivity index (χ0v) is 10.5. The molecular weight excluding hydrogens is 208 g/mol. The molecule has 84 valence electrons. The monoisotopic (exact) mass is 232 g/mol. The first-order valence-electron chi connectivity index (χ1n) is 3.76. The van der Waals surface area contributed by atoms with Gasteiger partial charge in [0.2, 0.25) is 0 Å². The first kappa shape index (κ1) is 29.2. The summed E-state index contributed by atoms with van der Waals surface area (Å²) in [7, 11) is 0. The number of hydrogen-bond acceptors (Lipinski definition) is 2. The van der Waals surface area contributed by atoms with Gasteiger partial charge in [0.05, 0.1) is 0 Å². The van der Waals surface area contributed by atoms with Gasteiger partial charge in [0.25, 0.3) is 0 Å². The molecule has 0 aliphatic rings. The summed E-state index contributed by atoms with van der Waals surface area (Å²) in [6.45, 7) is 8.50. The van der Waals surface area contributed by atoms with E-state index in [9.17, 15) is 0 Å². The SMILES string of the molecule is CC(C)CO.CC(C)CO.O.O.[Ti]. The van der Waals surface area contributed by atoms with E-state index in [4.69, 9.17) is 10.2 Å². The van der Waals surface area contributed by atoms with Crippen LogP contribution in [-0.2, 0) is 21.7 Å². The van der Waals surface area contributed by atoms with Gasteiger partial charge in [-0.05, 0) is 11.8 Å². The van der Waals surface area contributed by atoms with Gasteiger partial charge < -0.3 is 21.2 Å². The Morgan fingerprint density at radius 1 is 0.769 bits per heavy atom. The van der Waals surface area contributed by atoms with E-state index in [1.165, 1.54) is 0 Å². The molecule has 0 aromatic carbocycles. The first-order chi connectivity index (χ1) is 4.54. The second-order valence-corrected chi connectivity index (χ2v) is 3.15. The smallest absolute Gasteiger partial charge is 0.0453 e. The molecule has 5 heteroatoms. The Kier molecular flexibility index (Phi) is 51.4. The van der Waals surface area contributed by atoms with Crippen LogP contribution < -0.4 is 0 Å². The predicted octanol–water partition coefficient (Wildman–Crippen LogP) is -0.382. The van der Waals surface area contributed by atoms with E-state index >= 15 is 0 Å². The second kappa shape index (κ2) is 22.9. The fourth-order valence-electron chi connectivity index (χ4n) is 0. The van der Waals surface area contributed by atoms with E-state index in [0.29, 0.717) is 25.0 Å². The zero-order valence-electron chi connectivity index (χ0n) is 8.96. The van der Waals surface area contributed by atoms with Crippen molar-refractivity contribution in [3.8, 4) is 0 Å². The van der Waals surface area contributed by atoms with E-state index in [0.717, 1.165) is 0 Å². The van der Waals surface area contributed by atoms with Gasteiger partial charge in [-0.2, -0.15) is 0 Å². The third-order valence-electron chi connectivity index (χ3n) is 0.730. The van der Waals surface area contributed by atoms with Crippen molar-refractivity contribution >= 4 is 0 Å². The van der Waals surface area contributed by atoms with Crippen LogP contribution in [0.25, 0.3) is 0 Å². The minimum Gasteiger partial charge on any atom is -0.412 e. The van der Waals surface area contributed by atoms with Crippen LogP contribution in [0.3, 0.4) is 0 Å². The Hall–Kier alpha value is 0.554. The van der Waals surface area contributed by atoms with E-state index in [1.807, 2.05) is 27.7 Å². The normalized spacial score (nSPS) is 7.38. The number of aliphatic hydroxyl groups excluding tert-OH is 2. The summed E-state index contributed by atoms with van der Waals surface area (Å²) in [5.74, 6) is 0.880. The summed E-state index contributed by atoms with van der Waals surface area (Å²) in [4.78, 5) is 0. The Morgan fingerprint density at radius 3 is 0.846 bits per heavy atom. The molecule has 0 fully saturated rings. The molecule has 0 saturated carbocycles. The van der Waals surface area contributed by atoms with Gasteiger partial charge in [0.15, 0.2) is 0 Å². The fraction of sp³-hybridized carbons (Fsp3) is 1.00. The molecule has 13 heavy (non-hydrogen) atoms. The Morgan fingerprint density at radius 2 is 0.846 bits per heavy atom. The van der Waals surface area contributed by atoms with Gasteiger partial charge in [-0.15, -0.1) is 0 Å². The minimum absolute atomic E-state index is 0. The van der Waals surface area contributed by atoms with E-state index in [-0.39, 0.29) is 32.7 Å². The molecule has 6 N–H and O–H groups in total. The molecule has 0 amide bonds. The summed E-state index contributed by atoms with van der Waals surface area (Å²) in [5.41, 5.74) is 0. The van der Waals surface area contributed by atoms with Crippen LogP contribution in [0.4, 0.5) is 0 Å². The Bertz CT molecular complexity index is 52.1. The molecule has 0 spiro atoms. The molecule has 0 saturated heterocycles. The average molecular weight is 232 g/mol. The average Bonchev–Trinajstić information content (AvgIpc) is 1.89. The van der Waals surface area contributed by atoms with Crippen LogP contribution in [0.1, 0.15) is 27.7 Å². The quantitative estimate of drug-likeness (QED) is 0.633. The van der Waals surface area contributed by atoms with E-state index in [2.05, 4.69) is 0 Å². The van der Waals surface area contributed by atoms with Crippen molar-refractivity contribution in [1.82, 2.24) is 0 Å². The summed E-state index contributed by atoms with van der Waals surface area (Å²) >= 11 is 0. The Labute approximate surface area is 95.9 Å². The van der Waals surface area contributed by atoms with Gasteiger partial charge in [0.1, 0.15) is 0 Å². The van der Waals surface area contributed by atoms with Crippen molar-refractivity contribution in [3.05, 3.63) is 0 Å². The van der Waals surface area contributed by atoms with Gasteiger partial charge in [-0.1, -0.05) is 27.7 Å². The summed E-state index contributed by atoms with van der Waals surface area (Å²) in [6, 6.07) is 0. The maximum atomic E-state index is 8.14. The topological polar surface area (TPSA) is 103 Å². The van der Waals surface area contributed by atoms with Crippen LogP contribution in [0.15, 0.2) is 0 Å². The predicted molar refractivity (Wildman–Crippen MR) is 51.1 cm³/mol. The summed E-state index contributed by atoms with van der Waals surface area (Å²) in [5, 5.41) is 16.3.